The van der Waals surface area contributed by atoms with Gasteiger partial charge in [0.15, 0.2) is 10.7 Å². The number of hydrogen-bond donors (Lipinski definition) is 0. The molecule has 2 aliphatic heterocycles. The highest BCUT2D eigenvalue weighted by atomic mass is 32.2. The monoisotopic (exact) mass is 447 g/mol. The molecule has 0 bridgehead atoms. The molecule has 168 valence electrons. The summed E-state index contributed by atoms with van der Waals surface area (Å²) in [5.74, 6) is 1.49. The van der Waals surface area contributed by atoms with Crippen LogP contribution in [0.1, 0.15) is 49.8 Å². The molecule has 2 aromatic rings. The van der Waals surface area contributed by atoms with Gasteiger partial charge in [-0.05, 0) is 62.8 Å². The first kappa shape index (κ1) is 21.8. The maximum atomic E-state index is 13.3. The van der Waals surface area contributed by atoms with Gasteiger partial charge in [0.05, 0.1) is 6.26 Å². The zero-order valence-corrected chi connectivity index (χ0v) is 18.8. The van der Waals surface area contributed by atoms with Gasteiger partial charge in [0.1, 0.15) is 11.5 Å². The number of piperidine rings is 2. The number of rotatable bonds is 5. The molecule has 4 heterocycles. The van der Waals surface area contributed by atoms with Gasteiger partial charge in [0, 0.05) is 32.1 Å². The quantitative estimate of drug-likeness (QED) is 0.697. The molecular weight excluding hydrogens is 418 g/mol. The van der Waals surface area contributed by atoms with Crippen molar-refractivity contribution in [3.05, 3.63) is 35.6 Å². The molecule has 2 aromatic heterocycles. The smallest absolute Gasteiger partial charge is 0.248 e. The van der Waals surface area contributed by atoms with E-state index in [0.29, 0.717) is 43.3 Å². The molecule has 31 heavy (non-hydrogen) atoms. The normalized spacial score (nSPS) is 20.0. The summed E-state index contributed by atoms with van der Waals surface area (Å²) in [7, 11) is -3.78. The second-order valence-corrected chi connectivity index (χ2v) is 10.4. The molecule has 0 atom stereocenters. The SMILES string of the molecule is Cc1noc(C=Cc2ccco2)c1S(=O)(=O)N1CCC(C(=O)N2CCC(C)CC2)CC1. The summed E-state index contributed by atoms with van der Waals surface area (Å²) >= 11 is 0. The summed E-state index contributed by atoms with van der Waals surface area (Å²) in [5, 5.41) is 3.86. The van der Waals surface area contributed by atoms with Crippen molar-refractivity contribution >= 4 is 28.1 Å². The van der Waals surface area contributed by atoms with Crippen molar-refractivity contribution < 1.29 is 22.2 Å². The van der Waals surface area contributed by atoms with Gasteiger partial charge in [-0.2, -0.15) is 4.31 Å². The first-order valence-corrected chi connectivity index (χ1v) is 12.3. The van der Waals surface area contributed by atoms with Crippen LogP contribution in [0.2, 0.25) is 0 Å². The summed E-state index contributed by atoms with van der Waals surface area (Å²) in [6.07, 6.45) is 7.89. The minimum absolute atomic E-state index is 0.0742. The van der Waals surface area contributed by atoms with E-state index in [4.69, 9.17) is 8.94 Å². The Morgan fingerprint density at radius 2 is 1.84 bits per heavy atom. The van der Waals surface area contributed by atoms with Crippen molar-refractivity contribution in [1.29, 1.82) is 0 Å². The summed E-state index contributed by atoms with van der Waals surface area (Å²) in [4.78, 5) is 14.9. The fourth-order valence-electron chi connectivity index (χ4n) is 4.30. The largest absolute Gasteiger partial charge is 0.465 e. The maximum Gasteiger partial charge on any atom is 0.248 e. The van der Waals surface area contributed by atoms with Crippen molar-refractivity contribution in [3.8, 4) is 0 Å². The molecule has 9 heteroatoms. The Hall–Kier alpha value is -2.39. The highest BCUT2D eigenvalue weighted by Crippen LogP contribution is 2.30. The standard InChI is InChI=1S/C22H29N3O5S/c1-16-7-11-24(12-8-16)22(26)18-9-13-25(14-10-18)31(27,28)21-17(2)23-30-20(21)6-5-19-4-3-15-29-19/h3-6,15-16,18H,7-14H2,1-2H3. The van der Waals surface area contributed by atoms with Gasteiger partial charge >= 0.3 is 0 Å². The molecule has 8 nitrogen and oxygen atoms in total. The first-order chi connectivity index (χ1) is 14.9. The van der Waals surface area contributed by atoms with Crippen LogP contribution in [0.15, 0.2) is 32.2 Å². The van der Waals surface area contributed by atoms with E-state index in [2.05, 4.69) is 12.1 Å². The summed E-state index contributed by atoms with van der Waals surface area (Å²) in [5.41, 5.74) is 0.319. The average Bonchev–Trinajstić information content (AvgIpc) is 3.42. The second kappa shape index (κ2) is 9.00. The number of nitrogens with zero attached hydrogens (tertiary/aromatic N) is 3. The van der Waals surface area contributed by atoms with Gasteiger partial charge in [-0.25, -0.2) is 8.42 Å². The molecule has 0 aromatic carbocycles. The van der Waals surface area contributed by atoms with Crippen LogP contribution in [0, 0.1) is 18.8 Å². The minimum Gasteiger partial charge on any atom is -0.465 e. The second-order valence-electron chi connectivity index (χ2n) is 8.50. The third-order valence-corrected chi connectivity index (χ3v) is 8.33. The molecular formula is C22H29N3O5S. The number of carbonyl (C=O) groups is 1. The van der Waals surface area contributed by atoms with Gasteiger partial charge < -0.3 is 13.8 Å². The van der Waals surface area contributed by atoms with Crippen LogP contribution in [0.25, 0.3) is 12.2 Å². The van der Waals surface area contributed by atoms with Gasteiger partial charge in [-0.3, -0.25) is 4.79 Å². The lowest BCUT2D eigenvalue weighted by Gasteiger charge is -2.36. The van der Waals surface area contributed by atoms with E-state index in [1.54, 1.807) is 37.5 Å². The molecule has 2 fully saturated rings. The number of hydrogen-bond acceptors (Lipinski definition) is 6. The predicted molar refractivity (Wildman–Crippen MR) is 115 cm³/mol. The molecule has 4 rings (SSSR count). The Labute approximate surface area is 182 Å². The Morgan fingerprint density at radius 1 is 1.13 bits per heavy atom. The molecule has 0 radical (unpaired) electrons. The third kappa shape index (κ3) is 4.62. The Balaban J connectivity index is 1.44. The highest BCUT2D eigenvalue weighted by molar-refractivity contribution is 7.89. The summed E-state index contributed by atoms with van der Waals surface area (Å²) in [6.45, 7) is 6.08. The summed E-state index contributed by atoms with van der Waals surface area (Å²) in [6, 6.07) is 3.51. The van der Waals surface area contributed by atoms with Crippen LogP contribution in [0.3, 0.4) is 0 Å². The number of aryl methyl sites for hydroxylation is 1. The molecule has 2 saturated heterocycles. The molecule has 0 N–H and O–H groups in total. The lowest BCUT2D eigenvalue weighted by Crippen LogP contribution is -2.46. The fraction of sp³-hybridized carbons (Fsp3) is 0.545. The topological polar surface area (TPSA) is 96.9 Å². The third-order valence-electron chi connectivity index (χ3n) is 6.27. The first-order valence-electron chi connectivity index (χ1n) is 10.8. The van der Waals surface area contributed by atoms with Crippen molar-refractivity contribution in [3.63, 3.8) is 0 Å². The van der Waals surface area contributed by atoms with Gasteiger partial charge in [-0.1, -0.05) is 12.1 Å². The Kier molecular flexibility index (Phi) is 6.34. The predicted octanol–water partition coefficient (Wildman–Crippen LogP) is 3.41. The minimum atomic E-state index is -3.78. The van der Waals surface area contributed by atoms with Crippen LogP contribution in [0.4, 0.5) is 0 Å². The van der Waals surface area contributed by atoms with Crippen molar-refractivity contribution in [2.45, 2.75) is 44.4 Å². The number of furan rings is 1. The zero-order valence-electron chi connectivity index (χ0n) is 18.0. The van der Waals surface area contributed by atoms with Crippen LogP contribution in [-0.4, -0.2) is 54.9 Å². The number of amides is 1. The maximum absolute atomic E-state index is 13.3. The van der Waals surface area contributed by atoms with Crippen molar-refractivity contribution in [2.24, 2.45) is 11.8 Å². The molecule has 2 aliphatic rings. The van der Waals surface area contributed by atoms with Crippen LogP contribution in [0.5, 0.6) is 0 Å². The summed E-state index contributed by atoms with van der Waals surface area (Å²) < 4.78 is 38.6. The fourth-order valence-corrected chi connectivity index (χ4v) is 6.02. The molecule has 0 unspecified atom stereocenters. The van der Waals surface area contributed by atoms with Crippen LogP contribution < -0.4 is 0 Å². The van der Waals surface area contributed by atoms with E-state index in [0.717, 1.165) is 25.9 Å². The van der Waals surface area contributed by atoms with Gasteiger partial charge in [0.25, 0.3) is 0 Å². The molecule has 0 saturated carbocycles. The number of carbonyl (C=O) groups excluding carboxylic acids is 1. The average molecular weight is 448 g/mol. The number of likely N-dealkylation sites (tertiary alicyclic amines) is 1. The van der Waals surface area contributed by atoms with E-state index < -0.39 is 10.0 Å². The van der Waals surface area contributed by atoms with E-state index >= 15 is 0 Å². The van der Waals surface area contributed by atoms with Crippen molar-refractivity contribution in [1.82, 2.24) is 14.4 Å². The van der Waals surface area contributed by atoms with E-state index in [1.807, 2.05) is 4.90 Å². The highest BCUT2D eigenvalue weighted by Gasteiger charge is 2.37. The molecule has 0 spiro atoms. The van der Waals surface area contributed by atoms with E-state index in [1.165, 1.54) is 4.31 Å². The lowest BCUT2D eigenvalue weighted by molar-refractivity contribution is -0.138. The zero-order chi connectivity index (χ0) is 22.0. The van der Waals surface area contributed by atoms with Gasteiger partial charge in [-0.15, -0.1) is 0 Å². The molecule has 1 amide bonds. The lowest BCUT2D eigenvalue weighted by atomic mass is 9.93. The number of sulfonamides is 1. The van der Waals surface area contributed by atoms with E-state index in [9.17, 15) is 13.2 Å². The van der Waals surface area contributed by atoms with Crippen molar-refractivity contribution in [2.75, 3.05) is 26.2 Å². The number of aromatic nitrogens is 1. The molecule has 0 aliphatic carbocycles. The Morgan fingerprint density at radius 3 is 2.48 bits per heavy atom. The Bertz CT molecular complexity index is 1030. The van der Waals surface area contributed by atoms with Crippen LogP contribution in [-0.2, 0) is 14.8 Å². The van der Waals surface area contributed by atoms with Gasteiger partial charge in [0.2, 0.25) is 15.9 Å². The van der Waals surface area contributed by atoms with E-state index in [-0.39, 0.29) is 22.5 Å². The van der Waals surface area contributed by atoms with Crippen LogP contribution >= 0.6 is 0 Å².